The molecule has 176 valence electrons. The van der Waals surface area contributed by atoms with E-state index in [-0.39, 0.29) is 22.9 Å². The second kappa shape index (κ2) is 8.62. The first-order valence-corrected chi connectivity index (χ1v) is 13.5. The van der Waals surface area contributed by atoms with Crippen molar-refractivity contribution in [2.24, 2.45) is 52.3 Å². The van der Waals surface area contributed by atoms with Gasteiger partial charge in [0.2, 0.25) is 0 Å². The molecule has 3 fully saturated rings. The van der Waals surface area contributed by atoms with Crippen molar-refractivity contribution in [1.82, 2.24) is 0 Å². The lowest BCUT2D eigenvalue weighted by Gasteiger charge is -2.56. The summed E-state index contributed by atoms with van der Waals surface area (Å²) in [6, 6.07) is 0. The smallest absolute Gasteiger partial charge is 0.141 e. The standard InChI is InChI=1S/C29H48O2/c1-7-20(18(2)3)9-8-19(4)24-12-13-25-23-11-10-21-16-22(30)14-15-28(21,5)27(23)26(31)17-29(24,25)6/h11,18-22,24-25,27,30H,7-10,12-17H2,1-6H3/t19-,20-,21-,22+,24-,25+,27-,28+,29-/m1/s1. The topological polar surface area (TPSA) is 37.3 Å². The number of rotatable bonds is 6. The number of ketones is 1. The molecule has 4 aliphatic carbocycles. The third kappa shape index (κ3) is 3.87. The van der Waals surface area contributed by atoms with Gasteiger partial charge in [0.1, 0.15) is 5.78 Å². The zero-order valence-electron chi connectivity index (χ0n) is 21.1. The lowest BCUT2D eigenvalue weighted by atomic mass is 9.47. The summed E-state index contributed by atoms with van der Waals surface area (Å²) in [5.41, 5.74) is 1.77. The quantitative estimate of drug-likeness (QED) is 0.454. The SMILES string of the molecule is CC[C@H](CC[C@@H](C)[C@H]1CC[C@H]2C3=CC[C@@H]4C[C@@H](O)CC[C@]4(C)[C@H]3C(=O)C[C@]12C)C(C)C. The molecule has 0 saturated heterocycles. The van der Waals surface area contributed by atoms with Crippen molar-refractivity contribution >= 4 is 5.78 Å². The minimum Gasteiger partial charge on any atom is -0.393 e. The van der Waals surface area contributed by atoms with Crippen molar-refractivity contribution in [2.45, 2.75) is 112 Å². The number of hydrogen-bond acceptors (Lipinski definition) is 2. The fraction of sp³-hybridized carbons (Fsp3) is 0.897. The molecular weight excluding hydrogens is 380 g/mol. The number of allylic oxidation sites excluding steroid dienone is 2. The summed E-state index contributed by atoms with van der Waals surface area (Å²) in [4.78, 5) is 13.8. The van der Waals surface area contributed by atoms with Crippen LogP contribution in [0, 0.1) is 52.3 Å². The Labute approximate surface area is 191 Å². The van der Waals surface area contributed by atoms with Gasteiger partial charge in [0.05, 0.1) is 6.10 Å². The molecule has 1 N–H and O–H groups in total. The normalized spacial score (nSPS) is 44.3. The number of aliphatic hydroxyl groups excluding tert-OH is 1. The summed E-state index contributed by atoms with van der Waals surface area (Å²) in [6.07, 6.45) is 13.5. The highest BCUT2D eigenvalue weighted by molar-refractivity contribution is 5.87. The molecule has 0 radical (unpaired) electrons. The van der Waals surface area contributed by atoms with E-state index < -0.39 is 0 Å². The van der Waals surface area contributed by atoms with Crippen LogP contribution in [0.4, 0.5) is 0 Å². The fourth-order valence-electron chi connectivity index (χ4n) is 8.98. The molecule has 0 heterocycles. The summed E-state index contributed by atoms with van der Waals surface area (Å²) < 4.78 is 0. The van der Waals surface area contributed by atoms with E-state index in [1.54, 1.807) is 0 Å². The number of aliphatic hydroxyl groups is 1. The van der Waals surface area contributed by atoms with Crippen LogP contribution < -0.4 is 0 Å². The lowest BCUT2D eigenvalue weighted by Crippen LogP contribution is -2.53. The van der Waals surface area contributed by atoms with E-state index in [2.05, 4.69) is 47.6 Å². The molecule has 4 aliphatic rings. The summed E-state index contributed by atoms with van der Waals surface area (Å²) >= 11 is 0. The summed E-state index contributed by atoms with van der Waals surface area (Å²) in [6.45, 7) is 14.4. The van der Waals surface area contributed by atoms with E-state index in [9.17, 15) is 9.90 Å². The largest absolute Gasteiger partial charge is 0.393 e. The molecule has 0 aliphatic heterocycles. The molecule has 0 unspecified atom stereocenters. The minimum absolute atomic E-state index is 0.0804. The van der Waals surface area contributed by atoms with Crippen molar-refractivity contribution in [3.63, 3.8) is 0 Å². The summed E-state index contributed by atoms with van der Waals surface area (Å²) in [5, 5.41) is 10.2. The van der Waals surface area contributed by atoms with Gasteiger partial charge < -0.3 is 5.11 Å². The van der Waals surface area contributed by atoms with E-state index >= 15 is 0 Å². The van der Waals surface area contributed by atoms with Crippen molar-refractivity contribution in [1.29, 1.82) is 0 Å². The Kier molecular flexibility index (Phi) is 6.54. The molecule has 0 amide bonds. The van der Waals surface area contributed by atoms with Gasteiger partial charge in [-0.2, -0.15) is 0 Å². The van der Waals surface area contributed by atoms with Gasteiger partial charge >= 0.3 is 0 Å². The zero-order valence-corrected chi connectivity index (χ0v) is 21.1. The zero-order chi connectivity index (χ0) is 22.6. The maximum Gasteiger partial charge on any atom is 0.141 e. The highest BCUT2D eigenvalue weighted by Crippen LogP contribution is 2.66. The van der Waals surface area contributed by atoms with E-state index in [0.29, 0.717) is 29.5 Å². The molecule has 0 spiro atoms. The molecule has 0 aromatic rings. The van der Waals surface area contributed by atoms with Crippen molar-refractivity contribution in [2.75, 3.05) is 0 Å². The molecular formula is C29H48O2. The number of carbonyl (C=O) groups is 1. The Morgan fingerprint density at radius 1 is 1.10 bits per heavy atom. The molecule has 0 aromatic heterocycles. The second-order valence-electron chi connectivity index (χ2n) is 12.9. The third-order valence-electron chi connectivity index (χ3n) is 11.0. The van der Waals surface area contributed by atoms with Crippen LogP contribution in [-0.4, -0.2) is 17.0 Å². The van der Waals surface area contributed by atoms with E-state index in [0.717, 1.165) is 43.9 Å². The van der Waals surface area contributed by atoms with Crippen molar-refractivity contribution in [3.05, 3.63) is 11.6 Å². The van der Waals surface area contributed by atoms with Gasteiger partial charge in [0, 0.05) is 12.3 Å². The Morgan fingerprint density at radius 3 is 2.52 bits per heavy atom. The van der Waals surface area contributed by atoms with Crippen LogP contribution in [0.3, 0.4) is 0 Å². The van der Waals surface area contributed by atoms with Crippen LogP contribution in [0.25, 0.3) is 0 Å². The van der Waals surface area contributed by atoms with Crippen LogP contribution in [0.5, 0.6) is 0 Å². The van der Waals surface area contributed by atoms with Crippen LogP contribution in [0.15, 0.2) is 11.6 Å². The Bertz CT molecular complexity index is 708. The minimum atomic E-state index is -0.161. The molecule has 3 saturated carbocycles. The van der Waals surface area contributed by atoms with E-state index in [1.165, 1.54) is 37.7 Å². The van der Waals surface area contributed by atoms with Crippen LogP contribution in [0.1, 0.15) is 106 Å². The predicted octanol–water partition coefficient (Wildman–Crippen LogP) is 7.20. The molecule has 4 rings (SSSR count). The second-order valence-corrected chi connectivity index (χ2v) is 12.9. The lowest BCUT2D eigenvalue weighted by molar-refractivity contribution is -0.138. The van der Waals surface area contributed by atoms with Crippen molar-refractivity contribution in [3.8, 4) is 0 Å². The monoisotopic (exact) mass is 428 g/mol. The maximum absolute atomic E-state index is 13.8. The number of Topliss-reactive ketones (excluding diaryl/α,β-unsaturated/α-hetero) is 1. The molecule has 2 heteroatoms. The number of fused-ring (bicyclic) bond motifs is 5. The van der Waals surface area contributed by atoms with Crippen LogP contribution >= 0.6 is 0 Å². The predicted molar refractivity (Wildman–Crippen MR) is 129 cm³/mol. The van der Waals surface area contributed by atoms with Gasteiger partial charge in [-0.05, 0) is 91.3 Å². The van der Waals surface area contributed by atoms with Gasteiger partial charge in [0.15, 0.2) is 0 Å². The van der Waals surface area contributed by atoms with Crippen LogP contribution in [0.2, 0.25) is 0 Å². The third-order valence-corrected chi connectivity index (χ3v) is 11.0. The molecule has 0 bridgehead atoms. The average Bonchev–Trinajstić information content (AvgIpc) is 3.04. The summed E-state index contributed by atoms with van der Waals surface area (Å²) in [5.74, 6) is 4.77. The Morgan fingerprint density at radius 2 is 1.84 bits per heavy atom. The molecule has 0 aromatic carbocycles. The summed E-state index contributed by atoms with van der Waals surface area (Å²) in [7, 11) is 0. The first-order chi connectivity index (χ1) is 14.6. The highest BCUT2D eigenvalue weighted by Gasteiger charge is 2.61. The molecule has 31 heavy (non-hydrogen) atoms. The van der Waals surface area contributed by atoms with Gasteiger partial charge in [-0.1, -0.05) is 66.0 Å². The first kappa shape index (κ1) is 23.5. The van der Waals surface area contributed by atoms with E-state index in [4.69, 9.17) is 0 Å². The molecule has 9 atom stereocenters. The van der Waals surface area contributed by atoms with Gasteiger partial charge in [-0.15, -0.1) is 0 Å². The maximum atomic E-state index is 13.8. The Balaban J connectivity index is 1.54. The fourth-order valence-corrected chi connectivity index (χ4v) is 8.98. The number of hydrogen-bond donors (Lipinski definition) is 1. The first-order valence-electron chi connectivity index (χ1n) is 13.5. The van der Waals surface area contributed by atoms with Crippen molar-refractivity contribution < 1.29 is 9.90 Å². The van der Waals surface area contributed by atoms with Gasteiger partial charge in [-0.3, -0.25) is 4.79 Å². The average molecular weight is 429 g/mol. The Hall–Kier alpha value is -0.630. The van der Waals surface area contributed by atoms with Gasteiger partial charge in [0.25, 0.3) is 0 Å². The van der Waals surface area contributed by atoms with Crippen LogP contribution in [-0.2, 0) is 4.79 Å². The number of carbonyl (C=O) groups excluding carboxylic acids is 1. The van der Waals surface area contributed by atoms with Gasteiger partial charge in [-0.25, -0.2) is 0 Å². The molecule has 2 nitrogen and oxygen atoms in total. The highest BCUT2D eigenvalue weighted by atomic mass is 16.3. The van der Waals surface area contributed by atoms with E-state index in [1.807, 2.05) is 0 Å².